The summed E-state index contributed by atoms with van der Waals surface area (Å²) >= 11 is 1.58. The molecule has 0 aliphatic rings. The van der Waals surface area contributed by atoms with Crippen LogP contribution in [0.4, 0.5) is 17.1 Å². The number of fused-ring (bicyclic) bond motifs is 2. The van der Waals surface area contributed by atoms with Gasteiger partial charge in [0.25, 0.3) is 5.91 Å². The lowest BCUT2D eigenvalue weighted by atomic mass is 10.1. The first-order valence-electron chi connectivity index (χ1n) is 25.0. The van der Waals surface area contributed by atoms with Crippen molar-refractivity contribution < 1.29 is 14.3 Å². The molecule has 0 saturated carbocycles. The molecule has 11 nitrogen and oxygen atoms in total. The monoisotopic (exact) mass is 1030 g/mol. The van der Waals surface area contributed by atoms with Gasteiger partial charge >= 0.3 is 0 Å². The van der Waals surface area contributed by atoms with Crippen molar-refractivity contribution in [2.24, 2.45) is 0 Å². The quantitative estimate of drug-likeness (QED) is 0.0604. The zero-order valence-electron chi connectivity index (χ0n) is 42.0. The molecule has 0 aliphatic carbocycles. The van der Waals surface area contributed by atoms with Crippen LogP contribution in [-0.2, 0) is 17.9 Å². The van der Waals surface area contributed by atoms with Gasteiger partial charge < -0.3 is 25.6 Å². The van der Waals surface area contributed by atoms with Gasteiger partial charge in [0.15, 0.2) is 0 Å². The summed E-state index contributed by atoms with van der Waals surface area (Å²) in [6.45, 7) is 3.46. The largest absolute Gasteiger partial charge is 0.495 e. The van der Waals surface area contributed by atoms with Gasteiger partial charge in [-0.1, -0.05) is 84.9 Å². The number of anilines is 3. The Hall–Kier alpha value is -8.28. The molecule has 0 spiro atoms. The molecule has 374 valence electrons. The van der Waals surface area contributed by atoms with Crippen LogP contribution >= 0.6 is 18.6 Å². The minimum absolute atomic E-state index is 0.102. The maximum atomic E-state index is 13.8. The van der Waals surface area contributed by atoms with E-state index in [1.165, 1.54) is 15.9 Å². The summed E-state index contributed by atoms with van der Waals surface area (Å²) in [5.41, 5.74) is 6.85. The van der Waals surface area contributed by atoms with Crippen molar-refractivity contribution in [3.8, 4) is 16.3 Å². The Bertz CT molecular complexity index is 3380. The van der Waals surface area contributed by atoms with Crippen LogP contribution in [0.1, 0.15) is 21.7 Å². The number of hydrogen-bond acceptors (Lipinski definition) is 10. The highest BCUT2D eigenvalue weighted by Crippen LogP contribution is 2.54. The zero-order chi connectivity index (χ0) is 51.4. The van der Waals surface area contributed by atoms with E-state index < -0.39 is 7.26 Å². The molecule has 10 aromatic rings. The number of hydrogen-bond donors (Lipinski definition) is 3. The van der Waals surface area contributed by atoms with Crippen LogP contribution in [0.3, 0.4) is 0 Å². The molecule has 13 heteroatoms. The lowest BCUT2D eigenvalue weighted by Gasteiger charge is -2.27. The van der Waals surface area contributed by atoms with Gasteiger partial charge in [0, 0.05) is 74.2 Å². The summed E-state index contributed by atoms with van der Waals surface area (Å²) < 4.78 is 6.70. The highest BCUT2D eigenvalue weighted by atomic mass is 32.1. The summed E-state index contributed by atoms with van der Waals surface area (Å²) in [5, 5.41) is 16.7. The van der Waals surface area contributed by atoms with Gasteiger partial charge in [-0.05, 0) is 120 Å². The second kappa shape index (κ2) is 23.7. The van der Waals surface area contributed by atoms with Crippen LogP contribution in [0.2, 0.25) is 0 Å². The fraction of sp³-hybridized carbons (Fsp3) is 0.145. The van der Waals surface area contributed by atoms with Gasteiger partial charge in [-0.15, -0.1) is 11.3 Å². The third-order valence-corrected chi connectivity index (χ3v) is 18.8. The lowest BCUT2D eigenvalue weighted by molar-refractivity contribution is -0.114. The van der Waals surface area contributed by atoms with E-state index in [0.717, 1.165) is 67.0 Å². The highest BCUT2D eigenvalue weighted by Gasteiger charge is 2.44. The Morgan fingerprint density at radius 3 is 1.89 bits per heavy atom. The van der Waals surface area contributed by atoms with Gasteiger partial charge in [-0.3, -0.25) is 24.5 Å². The smallest absolute Gasteiger partial charge is 0.251 e. The molecule has 75 heavy (non-hydrogen) atoms. The Labute approximate surface area is 442 Å². The van der Waals surface area contributed by atoms with E-state index in [-0.39, 0.29) is 18.4 Å². The minimum Gasteiger partial charge on any atom is -0.495 e. The first kappa shape index (κ1) is 50.3. The average molecular weight is 1030 g/mol. The molecule has 0 radical (unpaired) electrons. The number of likely N-dealkylation sites (N-methyl/N-ethyl adjacent to an activating group) is 1. The molecular formula is C62H58N8O3PS+. The highest BCUT2D eigenvalue weighted by molar-refractivity contribution is 7.95. The Kier molecular flexibility index (Phi) is 15.9. The SMILES string of the molecule is COc1cc(NC(=O)CN(C)c2ccc3cc(-c4nc5ccc(C(=O)NCC[P+](c6ccccc6)(c6ccccc6)c6ccccc6)cc5s4)ccc3c2)ccc1NCCN(Cc1ccccn1)Cc1ccccn1. The second-order valence-electron chi connectivity index (χ2n) is 18.3. The normalized spacial score (nSPS) is 11.4. The van der Waals surface area contributed by atoms with E-state index in [1.807, 2.05) is 103 Å². The molecule has 2 amide bonds. The summed E-state index contributed by atoms with van der Waals surface area (Å²) in [6, 6.07) is 68.1. The average Bonchev–Trinajstić information content (AvgIpc) is 3.90. The van der Waals surface area contributed by atoms with Crippen molar-refractivity contribution in [2.45, 2.75) is 13.1 Å². The van der Waals surface area contributed by atoms with E-state index in [2.05, 4.69) is 152 Å². The van der Waals surface area contributed by atoms with Crippen molar-refractivity contribution >= 4 is 84.4 Å². The van der Waals surface area contributed by atoms with Crippen LogP contribution in [-0.4, -0.2) is 78.2 Å². The summed E-state index contributed by atoms with van der Waals surface area (Å²) in [6.07, 6.45) is 4.42. The number of nitrogens with one attached hydrogen (secondary N) is 3. The van der Waals surface area contributed by atoms with Crippen molar-refractivity contribution in [1.82, 2.24) is 25.2 Å². The number of benzene rings is 7. The maximum Gasteiger partial charge on any atom is 0.251 e. The third-order valence-electron chi connectivity index (χ3n) is 13.3. The van der Waals surface area contributed by atoms with Gasteiger partial charge in [0.1, 0.15) is 33.9 Å². The summed E-state index contributed by atoms with van der Waals surface area (Å²) in [7, 11) is 1.46. The van der Waals surface area contributed by atoms with Crippen LogP contribution in [0.15, 0.2) is 213 Å². The third kappa shape index (κ3) is 12.1. The number of amides is 2. The number of carbonyl (C=O) groups excluding carboxylic acids is 2. The Morgan fingerprint density at radius 2 is 1.27 bits per heavy atom. The number of thiazole rings is 1. The number of nitrogens with zero attached hydrogens (tertiary/aromatic N) is 5. The Balaban J connectivity index is 0.749. The molecule has 0 saturated heterocycles. The molecule has 0 aliphatic heterocycles. The summed E-state index contributed by atoms with van der Waals surface area (Å²) in [4.78, 5) is 45.5. The van der Waals surface area contributed by atoms with Crippen molar-refractivity contribution in [2.75, 3.05) is 62.0 Å². The molecule has 3 heterocycles. The van der Waals surface area contributed by atoms with Crippen LogP contribution in [0.5, 0.6) is 5.75 Å². The number of ether oxygens (including phenoxy) is 1. The van der Waals surface area contributed by atoms with Gasteiger partial charge in [0.2, 0.25) is 5.91 Å². The molecule has 3 N–H and O–H groups in total. The number of aromatic nitrogens is 3. The number of rotatable bonds is 21. The first-order chi connectivity index (χ1) is 36.8. The van der Waals surface area contributed by atoms with Crippen LogP contribution < -0.4 is 41.5 Å². The molecule has 0 atom stereocenters. The summed E-state index contributed by atoms with van der Waals surface area (Å²) in [5.74, 6) is 0.385. The van der Waals surface area contributed by atoms with Gasteiger partial charge in [-0.25, -0.2) is 4.98 Å². The maximum absolute atomic E-state index is 13.8. The lowest BCUT2D eigenvalue weighted by Crippen LogP contribution is -2.37. The van der Waals surface area contributed by atoms with E-state index in [4.69, 9.17) is 9.72 Å². The second-order valence-corrected chi connectivity index (χ2v) is 23.0. The van der Waals surface area contributed by atoms with E-state index >= 15 is 0 Å². The molecule has 0 bridgehead atoms. The van der Waals surface area contributed by atoms with Crippen LogP contribution in [0.25, 0.3) is 31.6 Å². The minimum atomic E-state index is -2.08. The molecule has 0 unspecified atom stereocenters. The molecule has 10 rings (SSSR count). The number of methoxy groups -OCH3 is 1. The fourth-order valence-corrected chi connectivity index (χ4v) is 14.7. The van der Waals surface area contributed by atoms with E-state index in [9.17, 15) is 9.59 Å². The predicted molar refractivity (Wildman–Crippen MR) is 311 cm³/mol. The molecule has 7 aromatic carbocycles. The van der Waals surface area contributed by atoms with Crippen molar-refractivity contribution in [3.63, 3.8) is 0 Å². The Morgan fingerprint density at radius 1 is 0.640 bits per heavy atom. The molecule has 3 aromatic heterocycles. The molecule has 0 fully saturated rings. The molecular weight excluding hydrogens is 968 g/mol. The van der Waals surface area contributed by atoms with Crippen LogP contribution in [0, 0.1) is 0 Å². The topological polar surface area (TPSA) is 125 Å². The standard InChI is InChI=1S/C62H57N8O3PS/c1-69(44-60(71)67-49-28-31-56(58(41-49)73-2)65-34-36-70(42-50-16-12-14-32-63-50)43-51-17-13-15-33-64-51)52-29-26-45-38-48(25-24-46(45)39-52)62-68-57-30-27-47(40-59(57)75-62)61(72)66-35-37-74(53-18-6-3-7-19-53,54-20-8-4-9-21-54)55-22-10-5-11-23-55/h3-33,38-41,65H,34-37,42-44H2,1-2H3,(H-,66,67,71,72)/p+1. The van der Waals surface area contributed by atoms with E-state index in [1.54, 1.807) is 18.4 Å². The van der Waals surface area contributed by atoms with Crippen molar-refractivity contribution in [3.05, 3.63) is 230 Å². The van der Waals surface area contributed by atoms with Crippen molar-refractivity contribution in [1.29, 1.82) is 0 Å². The predicted octanol–water partition coefficient (Wildman–Crippen LogP) is 10.8. The van der Waals surface area contributed by atoms with E-state index in [0.29, 0.717) is 43.2 Å². The fourth-order valence-electron chi connectivity index (χ4n) is 9.54. The number of pyridine rings is 2. The number of carbonyl (C=O) groups is 2. The van der Waals surface area contributed by atoms with Gasteiger partial charge in [-0.2, -0.15) is 0 Å². The zero-order valence-corrected chi connectivity index (χ0v) is 43.7. The van der Waals surface area contributed by atoms with Gasteiger partial charge in [0.05, 0.1) is 53.7 Å². The first-order valence-corrected chi connectivity index (χ1v) is 27.8.